The van der Waals surface area contributed by atoms with Crippen LogP contribution in [0, 0.1) is 0 Å². The van der Waals surface area contributed by atoms with Crippen molar-refractivity contribution in [3.8, 4) is 0 Å². The van der Waals surface area contributed by atoms with E-state index in [2.05, 4.69) is 11.3 Å². The molecule has 0 bridgehead atoms. The van der Waals surface area contributed by atoms with Crippen molar-refractivity contribution in [2.45, 2.75) is 119 Å². The molecular formula is C23H5F37O2. The summed E-state index contributed by atoms with van der Waals surface area (Å²) in [5.41, 5.74) is -13.4. The molecule has 1 aliphatic carbocycles. The zero-order valence-corrected chi connectivity index (χ0v) is 27.0. The first-order valence-electron chi connectivity index (χ1n) is 13.5. The van der Waals surface area contributed by atoms with Crippen LogP contribution in [0.4, 0.5) is 162 Å². The maximum atomic E-state index is 15.4. The van der Waals surface area contributed by atoms with Crippen LogP contribution in [-0.4, -0.2) is 118 Å². The molecule has 62 heavy (non-hydrogen) atoms. The summed E-state index contributed by atoms with van der Waals surface area (Å²) in [7, 11) is 0. The molecule has 0 radical (unpaired) electrons. The fourth-order valence-corrected chi connectivity index (χ4v) is 4.25. The van der Waals surface area contributed by atoms with Crippen LogP contribution in [0.2, 0.25) is 0 Å². The topological polar surface area (TPSA) is 26.3 Å². The summed E-state index contributed by atoms with van der Waals surface area (Å²) in [6, 6.07) is 0. The highest BCUT2D eigenvalue weighted by atomic mass is 19.4. The Morgan fingerprint density at radius 1 is 0.339 bits per heavy atom. The summed E-state index contributed by atoms with van der Waals surface area (Å²) >= 11 is 0. The van der Waals surface area contributed by atoms with Gasteiger partial charge in [0.1, 0.15) is 0 Å². The van der Waals surface area contributed by atoms with Gasteiger partial charge in [0.05, 0.1) is 0 Å². The van der Waals surface area contributed by atoms with E-state index < -0.39 is 124 Å². The van der Waals surface area contributed by atoms with Crippen LogP contribution in [0.5, 0.6) is 0 Å². The van der Waals surface area contributed by atoms with Gasteiger partial charge >= 0.3 is 118 Å². The number of ether oxygens (including phenoxy) is 1. The lowest BCUT2D eigenvalue weighted by Gasteiger charge is -2.51. The first kappa shape index (κ1) is 56.6. The molecule has 39 heteroatoms. The van der Waals surface area contributed by atoms with E-state index in [1.165, 1.54) is 0 Å². The number of hydrogen-bond donors (Lipinski definition) is 0. The van der Waals surface area contributed by atoms with Crippen LogP contribution < -0.4 is 0 Å². The molecule has 1 fully saturated rings. The molecule has 0 saturated heterocycles. The molecule has 0 aliphatic heterocycles. The van der Waals surface area contributed by atoms with Crippen molar-refractivity contribution in [2.75, 3.05) is 0 Å². The van der Waals surface area contributed by atoms with Crippen molar-refractivity contribution >= 4 is 5.97 Å². The van der Waals surface area contributed by atoms with Crippen LogP contribution in [0.3, 0.4) is 0 Å². The first-order valence-corrected chi connectivity index (χ1v) is 13.5. The number of esters is 1. The van der Waals surface area contributed by atoms with Crippen LogP contribution in [0.1, 0.15) is 6.92 Å². The minimum atomic E-state index is -11.6. The van der Waals surface area contributed by atoms with Crippen molar-refractivity contribution in [1.29, 1.82) is 0 Å². The van der Waals surface area contributed by atoms with E-state index in [-0.39, 0.29) is 6.92 Å². The third kappa shape index (κ3) is 5.62. The minimum absolute atomic E-state index is 0.00145. The Kier molecular flexibility index (Phi) is 12.2. The fraction of sp³-hybridized carbons (Fsp3) is 0.870. The smallest absolute Gasteiger partial charge is 0.393 e. The summed E-state index contributed by atoms with van der Waals surface area (Å²) in [5, 5.41) is 0. The number of rotatable bonds is 10. The summed E-state index contributed by atoms with van der Waals surface area (Å²) in [6.45, 7) is 2.19. The Hall–Kier alpha value is -3.38. The maximum absolute atomic E-state index is 15.4. The van der Waals surface area contributed by atoms with Crippen LogP contribution >= 0.6 is 0 Å². The molecule has 368 valence electrons. The number of alkyl halides is 37. The van der Waals surface area contributed by atoms with Crippen molar-refractivity contribution in [1.82, 2.24) is 0 Å². The van der Waals surface area contributed by atoms with Crippen molar-refractivity contribution in [3.05, 3.63) is 12.2 Å². The van der Waals surface area contributed by atoms with Gasteiger partial charge in [0, 0.05) is 5.57 Å². The molecular weight excluding hydrogens is 1010 g/mol. The van der Waals surface area contributed by atoms with E-state index >= 15 is 4.39 Å². The largest absolute Gasteiger partial charge is 0.473 e. The summed E-state index contributed by atoms with van der Waals surface area (Å²) in [5.74, 6) is -181. The van der Waals surface area contributed by atoms with Gasteiger partial charge in [0.2, 0.25) is 0 Å². The monoisotopic (exact) mass is 1020 g/mol. The van der Waals surface area contributed by atoms with E-state index in [0.29, 0.717) is 0 Å². The van der Waals surface area contributed by atoms with E-state index in [4.69, 9.17) is 0 Å². The SMILES string of the molecule is C=C(C)C(=O)OC(F)(F)C(F)(F)C(F)(F)C(F)(F)C(F)(F)C(F)(F)C(F)(F)C(F)(F)C1(F)C(F)(F)C(F)(F)C(F)(F)C(F)(F)C(F)(F)C(F)(F)C(F)(F)C(F)(F)C(F)(F)C1(F)F. The predicted molar refractivity (Wildman–Crippen MR) is 114 cm³/mol. The summed E-state index contributed by atoms with van der Waals surface area (Å²) < 4.78 is 528. The molecule has 0 amide bonds. The molecule has 0 atom stereocenters. The van der Waals surface area contributed by atoms with E-state index in [1.807, 2.05) is 0 Å². The van der Waals surface area contributed by atoms with Crippen molar-refractivity contribution < 1.29 is 172 Å². The van der Waals surface area contributed by atoms with Crippen LogP contribution in [0.25, 0.3) is 0 Å². The third-order valence-electron chi connectivity index (χ3n) is 8.15. The third-order valence-corrected chi connectivity index (χ3v) is 8.15. The number of halogens is 37. The number of carbonyl (C=O) groups excluding carboxylic acids is 1. The molecule has 0 heterocycles. The van der Waals surface area contributed by atoms with Crippen molar-refractivity contribution in [3.63, 3.8) is 0 Å². The molecule has 0 aromatic heterocycles. The standard InChI is InChI=1S/C23H5F37O2/c1-3(2)4(61)62-23(59,60)22(57,58)21(55,56)20(53,54)17(47,48)14(41,42)11(35,36)8(29,30)5(24)6(25,26)9(31,32)12(37,38)15(43,44)18(49,50)19(51,52)16(45,46)13(39,40)10(33,34)7(5,27)28/h1H2,2H3. The average Bonchev–Trinajstić information content (AvgIpc) is 3.05. The first-order chi connectivity index (χ1) is 26.1. The lowest BCUT2D eigenvalue weighted by molar-refractivity contribution is -0.500. The van der Waals surface area contributed by atoms with Crippen LogP contribution in [0.15, 0.2) is 12.2 Å². The summed E-state index contributed by atoms with van der Waals surface area (Å²) in [4.78, 5) is 10.9. The number of carbonyl (C=O) groups is 1. The molecule has 2 nitrogen and oxygen atoms in total. The van der Waals surface area contributed by atoms with Gasteiger partial charge in [-0.05, 0) is 6.92 Å². The average molecular weight is 1020 g/mol. The van der Waals surface area contributed by atoms with Gasteiger partial charge in [0.15, 0.2) is 0 Å². The Morgan fingerprint density at radius 2 is 0.516 bits per heavy atom. The maximum Gasteiger partial charge on any atom is 0.473 e. The number of hydrogen-bond acceptors (Lipinski definition) is 2. The second kappa shape index (κ2) is 13.4. The molecule has 0 aromatic carbocycles. The molecule has 0 spiro atoms. The van der Waals surface area contributed by atoms with Crippen molar-refractivity contribution in [2.24, 2.45) is 0 Å². The van der Waals surface area contributed by atoms with Gasteiger partial charge in [-0.1, -0.05) is 6.58 Å². The quantitative estimate of drug-likeness (QED) is 0.124. The van der Waals surface area contributed by atoms with Gasteiger partial charge in [0.25, 0.3) is 0 Å². The predicted octanol–water partition coefficient (Wildman–Crippen LogP) is 12.2. The molecule has 0 aromatic rings. The highest BCUT2D eigenvalue weighted by Crippen LogP contribution is 2.75. The normalized spacial score (nSPS) is 25.8. The van der Waals surface area contributed by atoms with E-state index in [9.17, 15) is 163 Å². The zero-order valence-electron chi connectivity index (χ0n) is 27.0. The molecule has 0 unspecified atom stereocenters. The van der Waals surface area contributed by atoms with Gasteiger partial charge in [-0.2, -0.15) is 158 Å². The Morgan fingerprint density at radius 3 is 0.726 bits per heavy atom. The lowest BCUT2D eigenvalue weighted by Crippen LogP contribution is -2.85. The minimum Gasteiger partial charge on any atom is -0.393 e. The Balaban J connectivity index is 4.81. The van der Waals surface area contributed by atoms with E-state index in [1.54, 1.807) is 0 Å². The fourth-order valence-electron chi connectivity index (χ4n) is 4.25. The second-order valence-electron chi connectivity index (χ2n) is 12.1. The summed E-state index contributed by atoms with van der Waals surface area (Å²) in [6.07, 6.45) is -8.03. The lowest BCUT2D eigenvalue weighted by atomic mass is 9.71. The molecule has 1 saturated carbocycles. The van der Waals surface area contributed by atoms with Gasteiger partial charge in [-0.3, -0.25) is 0 Å². The van der Waals surface area contributed by atoms with Gasteiger partial charge in [-0.25, -0.2) is 9.18 Å². The van der Waals surface area contributed by atoms with Crippen LogP contribution in [-0.2, 0) is 9.53 Å². The van der Waals surface area contributed by atoms with Gasteiger partial charge < -0.3 is 4.74 Å². The Bertz CT molecular complexity index is 1700. The van der Waals surface area contributed by atoms with E-state index in [0.717, 1.165) is 0 Å². The van der Waals surface area contributed by atoms with Gasteiger partial charge in [-0.15, -0.1) is 0 Å². The molecule has 0 N–H and O–H groups in total. The zero-order chi connectivity index (χ0) is 51.4. The highest BCUT2D eigenvalue weighted by molar-refractivity contribution is 5.87. The second-order valence-corrected chi connectivity index (χ2v) is 12.1. The highest BCUT2D eigenvalue weighted by Gasteiger charge is 3.08. The molecule has 1 rings (SSSR count). The molecule has 1 aliphatic rings. The Labute approximate surface area is 310 Å².